The topological polar surface area (TPSA) is 82.1 Å². The molecule has 1 atom stereocenters. The van der Waals surface area contributed by atoms with Gasteiger partial charge in [0.05, 0.1) is 19.8 Å². The van der Waals surface area contributed by atoms with Crippen LogP contribution in [-0.4, -0.2) is 50.3 Å². The maximum absolute atomic E-state index is 12.5. The van der Waals surface area contributed by atoms with Gasteiger partial charge in [0.15, 0.2) is 0 Å². The highest BCUT2D eigenvalue weighted by atomic mass is 16.5. The highest BCUT2D eigenvalue weighted by molar-refractivity contribution is 5.85. The molecule has 1 unspecified atom stereocenters. The summed E-state index contributed by atoms with van der Waals surface area (Å²) in [7, 11) is 0. The molecular formula is C19H27NO6. The Morgan fingerprint density at radius 3 is 2.04 bits per heavy atom. The van der Waals surface area contributed by atoms with Crippen LogP contribution in [0.2, 0.25) is 0 Å². The van der Waals surface area contributed by atoms with Crippen molar-refractivity contribution in [3.05, 3.63) is 30.3 Å². The van der Waals surface area contributed by atoms with Crippen LogP contribution in [0.4, 0.5) is 5.69 Å². The van der Waals surface area contributed by atoms with Crippen LogP contribution in [0.15, 0.2) is 30.3 Å². The maximum Gasteiger partial charge on any atom is 0.328 e. The average Bonchev–Trinajstić information content (AvgIpc) is 2.62. The fourth-order valence-electron chi connectivity index (χ4n) is 2.47. The van der Waals surface area contributed by atoms with E-state index in [0.717, 1.165) is 0 Å². The second kappa shape index (κ2) is 11.9. The Hall–Kier alpha value is -2.57. The minimum atomic E-state index is -0.800. The third-order valence-corrected chi connectivity index (χ3v) is 3.55. The number of carbonyl (C=O) groups excluding carboxylic acids is 3. The normalized spacial score (nSPS) is 11.3. The molecule has 1 aromatic carbocycles. The van der Waals surface area contributed by atoms with Gasteiger partial charge in [-0.2, -0.15) is 0 Å². The fourth-order valence-corrected chi connectivity index (χ4v) is 2.47. The molecule has 0 N–H and O–H groups in total. The van der Waals surface area contributed by atoms with Crippen LogP contribution in [0.25, 0.3) is 0 Å². The summed E-state index contributed by atoms with van der Waals surface area (Å²) in [6, 6.07) is 8.23. The minimum absolute atomic E-state index is 0.0451. The van der Waals surface area contributed by atoms with Gasteiger partial charge in [-0.1, -0.05) is 18.2 Å². The van der Waals surface area contributed by atoms with E-state index in [4.69, 9.17) is 14.2 Å². The molecule has 26 heavy (non-hydrogen) atoms. The van der Waals surface area contributed by atoms with Crippen LogP contribution in [0.3, 0.4) is 0 Å². The van der Waals surface area contributed by atoms with Crippen molar-refractivity contribution in [1.29, 1.82) is 0 Å². The predicted octanol–water partition coefficient (Wildman–Crippen LogP) is 2.33. The monoisotopic (exact) mass is 365 g/mol. The van der Waals surface area contributed by atoms with Crippen molar-refractivity contribution in [3.8, 4) is 0 Å². The Balaban J connectivity index is 3.06. The zero-order valence-electron chi connectivity index (χ0n) is 15.6. The van der Waals surface area contributed by atoms with E-state index in [1.54, 1.807) is 49.9 Å². The van der Waals surface area contributed by atoms with Gasteiger partial charge in [0, 0.05) is 12.1 Å². The average molecular weight is 365 g/mol. The Morgan fingerprint density at radius 2 is 1.46 bits per heavy atom. The number of para-hydroxylation sites is 1. The summed E-state index contributed by atoms with van der Waals surface area (Å²) in [6.07, 6.45) is 0.218. The molecule has 0 radical (unpaired) electrons. The van der Waals surface area contributed by atoms with Crippen LogP contribution in [0.1, 0.15) is 33.6 Å². The van der Waals surface area contributed by atoms with Crippen molar-refractivity contribution in [2.45, 2.75) is 39.7 Å². The highest BCUT2D eigenvalue weighted by Crippen LogP contribution is 2.21. The summed E-state index contributed by atoms with van der Waals surface area (Å²) in [6.45, 7) is 5.74. The predicted molar refractivity (Wildman–Crippen MR) is 96.7 cm³/mol. The van der Waals surface area contributed by atoms with E-state index in [-0.39, 0.29) is 39.2 Å². The Bertz CT molecular complexity index is 575. The first-order valence-corrected chi connectivity index (χ1v) is 8.82. The lowest BCUT2D eigenvalue weighted by molar-refractivity contribution is -0.146. The number of nitrogens with zero attached hydrogens (tertiary/aromatic N) is 1. The Kier molecular flexibility index (Phi) is 9.82. The fraction of sp³-hybridized carbons (Fsp3) is 0.526. The molecule has 1 rings (SSSR count). The minimum Gasteiger partial charge on any atom is -0.466 e. The number of hydrogen-bond donors (Lipinski definition) is 0. The number of esters is 3. The van der Waals surface area contributed by atoms with Crippen molar-refractivity contribution in [3.63, 3.8) is 0 Å². The molecule has 0 spiro atoms. The van der Waals surface area contributed by atoms with Crippen LogP contribution in [0.5, 0.6) is 0 Å². The van der Waals surface area contributed by atoms with Crippen molar-refractivity contribution in [2.24, 2.45) is 0 Å². The first kappa shape index (κ1) is 21.5. The van der Waals surface area contributed by atoms with Gasteiger partial charge in [-0.3, -0.25) is 9.59 Å². The molecule has 7 nitrogen and oxygen atoms in total. The first-order chi connectivity index (χ1) is 12.5. The largest absolute Gasteiger partial charge is 0.466 e. The standard InChI is InChI=1S/C19H27NO6/c1-4-24-17(21)13-12-16(19(23)26-6-3)20(14-18(22)25-5-2)15-10-8-7-9-11-15/h7-11,16H,4-6,12-14H2,1-3H3. The van der Waals surface area contributed by atoms with E-state index >= 15 is 0 Å². The van der Waals surface area contributed by atoms with Gasteiger partial charge in [0.1, 0.15) is 12.6 Å². The molecule has 0 aliphatic heterocycles. The van der Waals surface area contributed by atoms with E-state index in [1.807, 2.05) is 6.07 Å². The van der Waals surface area contributed by atoms with Gasteiger partial charge in [-0.25, -0.2) is 4.79 Å². The van der Waals surface area contributed by atoms with E-state index in [0.29, 0.717) is 5.69 Å². The van der Waals surface area contributed by atoms with Crippen molar-refractivity contribution in [1.82, 2.24) is 0 Å². The zero-order chi connectivity index (χ0) is 19.4. The van der Waals surface area contributed by atoms with Crippen LogP contribution >= 0.6 is 0 Å². The lowest BCUT2D eigenvalue weighted by Crippen LogP contribution is -2.46. The number of rotatable bonds is 11. The van der Waals surface area contributed by atoms with E-state index < -0.39 is 23.9 Å². The molecule has 0 bridgehead atoms. The summed E-state index contributed by atoms with van der Waals surface area (Å²) in [4.78, 5) is 37.9. The number of carbonyl (C=O) groups is 3. The number of benzene rings is 1. The van der Waals surface area contributed by atoms with Gasteiger partial charge in [0.25, 0.3) is 0 Å². The molecule has 0 aliphatic rings. The van der Waals surface area contributed by atoms with E-state index in [2.05, 4.69) is 0 Å². The molecule has 144 valence electrons. The molecule has 0 aromatic heterocycles. The van der Waals surface area contributed by atoms with E-state index in [9.17, 15) is 14.4 Å². The molecule has 7 heteroatoms. The number of hydrogen-bond acceptors (Lipinski definition) is 7. The molecule has 0 aliphatic carbocycles. The molecule has 0 heterocycles. The van der Waals surface area contributed by atoms with Crippen molar-refractivity contribution >= 4 is 23.6 Å². The first-order valence-electron chi connectivity index (χ1n) is 8.82. The molecule has 0 amide bonds. The number of anilines is 1. The SMILES string of the molecule is CCOC(=O)CCC(C(=O)OCC)N(CC(=O)OCC)c1ccccc1. The summed E-state index contributed by atoms with van der Waals surface area (Å²) < 4.78 is 15.1. The van der Waals surface area contributed by atoms with Crippen LogP contribution in [-0.2, 0) is 28.6 Å². The van der Waals surface area contributed by atoms with Crippen molar-refractivity contribution in [2.75, 3.05) is 31.3 Å². The summed E-state index contributed by atoms with van der Waals surface area (Å²) in [5.41, 5.74) is 0.669. The van der Waals surface area contributed by atoms with Gasteiger partial charge >= 0.3 is 17.9 Å². The van der Waals surface area contributed by atoms with Gasteiger partial charge < -0.3 is 19.1 Å². The summed E-state index contributed by atoms with van der Waals surface area (Å²) in [5.74, 6) is -1.35. The van der Waals surface area contributed by atoms with Gasteiger partial charge in [0.2, 0.25) is 0 Å². The quantitative estimate of drug-likeness (QED) is 0.440. The maximum atomic E-state index is 12.5. The van der Waals surface area contributed by atoms with Gasteiger partial charge in [-0.15, -0.1) is 0 Å². The zero-order valence-corrected chi connectivity index (χ0v) is 15.6. The summed E-state index contributed by atoms with van der Waals surface area (Å²) >= 11 is 0. The Labute approximate surface area is 154 Å². The molecule has 0 saturated carbocycles. The van der Waals surface area contributed by atoms with Crippen LogP contribution < -0.4 is 4.90 Å². The van der Waals surface area contributed by atoms with E-state index in [1.165, 1.54) is 0 Å². The van der Waals surface area contributed by atoms with Crippen LogP contribution in [0, 0.1) is 0 Å². The Morgan fingerprint density at radius 1 is 0.885 bits per heavy atom. The van der Waals surface area contributed by atoms with Crippen molar-refractivity contribution < 1.29 is 28.6 Å². The lowest BCUT2D eigenvalue weighted by atomic mass is 10.1. The van der Waals surface area contributed by atoms with Gasteiger partial charge in [-0.05, 0) is 39.3 Å². The third-order valence-electron chi connectivity index (χ3n) is 3.55. The third kappa shape index (κ3) is 7.13. The number of ether oxygens (including phenoxy) is 3. The molecular weight excluding hydrogens is 338 g/mol. The summed E-state index contributed by atoms with van der Waals surface area (Å²) in [5, 5.41) is 0. The molecule has 0 fully saturated rings. The second-order valence-electron chi connectivity index (χ2n) is 5.38. The smallest absolute Gasteiger partial charge is 0.328 e. The second-order valence-corrected chi connectivity index (χ2v) is 5.38. The highest BCUT2D eigenvalue weighted by Gasteiger charge is 2.30. The molecule has 0 saturated heterocycles. The lowest BCUT2D eigenvalue weighted by Gasteiger charge is -2.31. The molecule has 1 aromatic rings.